The molecule has 1 heterocycles. The molecule has 3 N–H and O–H groups in total. The minimum atomic E-state index is -0.359. The van der Waals surface area contributed by atoms with E-state index in [1.807, 2.05) is 0 Å². The molecule has 9 heteroatoms. The van der Waals surface area contributed by atoms with Crippen molar-refractivity contribution in [2.75, 3.05) is 7.11 Å². The van der Waals surface area contributed by atoms with Crippen molar-refractivity contribution in [3.8, 4) is 11.5 Å². The van der Waals surface area contributed by atoms with E-state index in [9.17, 15) is 9.90 Å². The zero-order chi connectivity index (χ0) is 20.3. The Morgan fingerprint density at radius 3 is 2.89 bits per heavy atom. The molecule has 0 aliphatic carbocycles. The number of methoxy groups -OCH3 is 1. The summed E-state index contributed by atoms with van der Waals surface area (Å²) in [6, 6.07) is 8.29. The second kappa shape index (κ2) is 8.53. The number of hydrazone groups is 1. The van der Waals surface area contributed by atoms with Gasteiger partial charge < -0.3 is 14.8 Å². The normalized spacial score (nSPS) is 11.5. The second-order valence-electron chi connectivity index (χ2n) is 6.19. The van der Waals surface area contributed by atoms with Crippen molar-refractivity contribution >= 4 is 46.5 Å². The van der Waals surface area contributed by atoms with Crippen LogP contribution in [0.25, 0.3) is 11.0 Å². The molecule has 0 aliphatic rings. The molecule has 2 aromatic carbocycles. The van der Waals surface area contributed by atoms with E-state index in [-0.39, 0.29) is 22.4 Å². The van der Waals surface area contributed by atoms with Crippen molar-refractivity contribution < 1.29 is 14.6 Å². The summed E-state index contributed by atoms with van der Waals surface area (Å²) in [6.45, 7) is 4.18. The maximum absolute atomic E-state index is 12.4. The number of amides is 1. The molecule has 0 spiro atoms. The van der Waals surface area contributed by atoms with Crippen LogP contribution in [0.15, 0.2) is 40.6 Å². The van der Waals surface area contributed by atoms with Gasteiger partial charge in [-0.05, 0) is 35.9 Å². The molecule has 3 rings (SSSR count). The number of H-pyrrole nitrogens is 1. The van der Waals surface area contributed by atoms with E-state index in [1.165, 1.54) is 19.4 Å². The Morgan fingerprint density at radius 2 is 2.18 bits per heavy atom. The molecule has 146 valence electrons. The summed E-state index contributed by atoms with van der Waals surface area (Å²) in [5.41, 5.74) is 5.08. The van der Waals surface area contributed by atoms with Crippen molar-refractivity contribution in [1.82, 2.24) is 15.4 Å². The number of thioether (sulfide) groups is 1. The zero-order valence-corrected chi connectivity index (χ0v) is 17.1. The molecular weight excluding hydrogens is 400 g/mol. The summed E-state index contributed by atoms with van der Waals surface area (Å²) in [4.78, 5) is 20.0. The Labute approximate surface area is 171 Å². The number of ether oxygens (including phenoxy) is 1. The van der Waals surface area contributed by atoms with Crippen molar-refractivity contribution in [2.45, 2.75) is 24.3 Å². The number of rotatable bonds is 6. The lowest BCUT2D eigenvalue weighted by atomic mass is 10.2. The highest BCUT2D eigenvalue weighted by Crippen LogP contribution is 2.34. The fourth-order valence-corrected chi connectivity index (χ4v) is 3.45. The monoisotopic (exact) mass is 418 g/mol. The summed E-state index contributed by atoms with van der Waals surface area (Å²) in [5.74, 6) is -0.282. The highest BCUT2D eigenvalue weighted by molar-refractivity contribution is 7.99. The summed E-state index contributed by atoms with van der Waals surface area (Å²) in [5, 5.41) is 15.0. The number of aromatic hydroxyl groups is 1. The lowest BCUT2D eigenvalue weighted by Crippen LogP contribution is -2.17. The summed E-state index contributed by atoms with van der Waals surface area (Å²) < 4.78 is 5.04. The minimum absolute atomic E-state index is 0.131. The van der Waals surface area contributed by atoms with E-state index in [4.69, 9.17) is 16.3 Å². The Kier molecular flexibility index (Phi) is 6.11. The van der Waals surface area contributed by atoms with Crippen LogP contribution in [0, 0.1) is 0 Å². The van der Waals surface area contributed by atoms with Gasteiger partial charge in [-0.15, -0.1) is 0 Å². The van der Waals surface area contributed by atoms with Crippen molar-refractivity contribution in [2.24, 2.45) is 5.10 Å². The summed E-state index contributed by atoms with van der Waals surface area (Å²) in [7, 11) is 1.42. The van der Waals surface area contributed by atoms with Crippen LogP contribution < -0.4 is 10.2 Å². The fourth-order valence-electron chi connectivity index (χ4n) is 2.46. The van der Waals surface area contributed by atoms with E-state index in [0.717, 1.165) is 16.2 Å². The molecule has 28 heavy (non-hydrogen) atoms. The van der Waals surface area contributed by atoms with Crippen molar-refractivity contribution in [3.63, 3.8) is 0 Å². The molecule has 0 radical (unpaired) electrons. The van der Waals surface area contributed by atoms with Crippen LogP contribution in [0.2, 0.25) is 5.02 Å². The number of nitrogens with zero attached hydrogens (tertiary/aromatic N) is 2. The summed E-state index contributed by atoms with van der Waals surface area (Å²) >= 11 is 7.56. The predicted molar refractivity (Wildman–Crippen MR) is 112 cm³/mol. The van der Waals surface area contributed by atoms with E-state index in [1.54, 1.807) is 36.0 Å². The second-order valence-corrected chi connectivity index (χ2v) is 8.17. The molecule has 0 atom stereocenters. The van der Waals surface area contributed by atoms with E-state index in [0.29, 0.717) is 16.4 Å². The number of imidazole rings is 1. The fraction of sp³-hybridized carbons (Fsp3) is 0.211. The Morgan fingerprint density at radius 1 is 1.39 bits per heavy atom. The highest BCUT2D eigenvalue weighted by atomic mass is 35.5. The first kappa shape index (κ1) is 20.0. The molecular formula is C19H19ClN4O3S. The van der Waals surface area contributed by atoms with Gasteiger partial charge in [0.2, 0.25) is 0 Å². The number of aromatic nitrogens is 2. The average molecular weight is 419 g/mol. The first-order valence-corrected chi connectivity index (χ1v) is 9.69. The summed E-state index contributed by atoms with van der Waals surface area (Å²) in [6.07, 6.45) is 1.41. The lowest BCUT2D eigenvalue weighted by molar-refractivity contribution is 0.0955. The zero-order valence-electron chi connectivity index (χ0n) is 15.5. The third-order valence-electron chi connectivity index (χ3n) is 3.72. The predicted octanol–water partition coefficient (Wildman–Crippen LogP) is 4.19. The molecule has 1 aromatic heterocycles. The number of benzene rings is 2. The molecule has 3 aromatic rings. The quantitative estimate of drug-likeness (QED) is 0.316. The molecule has 0 fully saturated rings. The number of halogens is 1. The number of hydrogen-bond acceptors (Lipinski definition) is 6. The number of hydrogen-bond donors (Lipinski definition) is 3. The first-order valence-electron chi connectivity index (χ1n) is 8.43. The van der Waals surface area contributed by atoms with Gasteiger partial charge in [-0.25, -0.2) is 10.4 Å². The van der Waals surface area contributed by atoms with Crippen molar-refractivity contribution in [1.29, 1.82) is 0 Å². The van der Waals surface area contributed by atoms with Gasteiger partial charge >= 0.3 is 0 Å². The lowest BCUT2D eigenvalue weighted by Gasteiger charge is -2.06. The van der Waals surface area contributed by atoms with Crippen LogP contribution in [0.5, 0.6) is 11.5 Å². The highest BCUT2D eigenvalue weighted by Gasteiger charge is 2.10. The molecule has 7 nitrogen and oxygen atoms in total. The standard InChI is InChI=1S/C19H19ClN4O3S/c1-10(2)28-19-22-14-5-4-12(8-15(14)23-19)18(26)24-21-9-11-6-13(20)17(25)16(7-11)27-3/h4-10,25H,1-3H3,(H,22,23)(H,24,26)/b21-9-. The van der Waals surface area contributed by atoms with Gasteiger partial charge in [0.1, 0.15) is 0 Å². The van der Waals surface area contributed by atoms with Gasteiger partial charge in [0.15, 0.2) is 16.7 Å². The van der Waals surface area contributed by atoms with Crippen LogP contribution in [0.1, 0.15) is 29.8 Å². The Balaban J connectivity index is 1.72. The van der Waals surface area contributed by atoms with Crippen LogP contribution in [-0.4, -0.2) is 39.6 Å². The van der Waals surface area contributed by atoms with Gasteiger partial charge in [0, 0.05) is 10.8 Å². The van der Waals surface area contributed by atoms with Crippen LogP contribution in [0.4, 0.5) is 0 Å². The van der Waals surface area contributed by atoms with Crippen LogP contribution >= 0.6 is 23.4 Å². The largest absolute Gasteiger partial charge is 0.503 e. The van der Waals surface area contributed by atoms with E-state index in [2.05, 4.69) is 34.3 Å². The smallest absolute Gasteiger partial charge is 0.271 e. The number of phenols is 1. The topological polar surface area (TPSA) is 99.6 Å². The molecule has 0 saturated heterocycles. The van der Waals surface area contributed by atoms with Crippen LogP contribution in [0.3, 0.4) is 0 Å². The van der Waals surface area contributed by atoms with E-state index >= 15 is 0 Å². The molecule has 0 aliphatic heterocycles. The van der Waals surface area contributed by atoms with Gasteiger partial charge in [-0.2, -0.15) is 5.10 Å². The SMILES string of the molecule is COc1cc(/C=N\NC(=O)c2ccc3nc(SC(C)C)[nH]c3c2)cc(Cl)c1O. The van der Waals surface area contributed by atoms with Crippen molar-refractivity contribution in [3.05, 3.63) is 46.5 Å². The Hall–Kier alpha value is -2.71. The molecule has 1 amide bonds. The minimum Gasteiger partial charge on any atom is -0.503 e. The number of nitrogens with one attached hydrogen (secondary N) is 2. The third kappa shape index (κ3) is 4.58. The Bertz CT molecular complexity index is 1050. The van der Waals surface area contributed by atoms with Gasteiger partial charge in [0.25, 0.3) is 5.91 Å². The molecule has 0 unspecified atom stereocenters. The third-order valence-corrected chi connectivity index (χ3v) is 4.90. The number of carbonyl (C=O) groups excluding carboxylic acids is 1. The number of aromatic amines is 1. The molecule has 0 bridgehead atoms. The first-order chi connectivity index (χ1) is 13.4. The van der Waals surface area contributed by atoms with Gasteiger partial charge in [-0.3, -0.25) is 4.79 Å². The van der Waals surface area contributed by atoms with E-state index < -0.39 is 0 Å². The number of fused-ring (bicyclic) bond motifs is 1. The molecule has 0 saturated carbocycles. The average Bonchev–Trinajstić information content (AvgIpc) is 3.04. The maximum atomic E-state index is 12.4. The maximum Gasteiger partial charge on any atom is 0.271 e. The number of phenolic OH excluding ortho intramolecular Hbond substituents is 1. The van der Waals surface area contributed by atoms with Crippen LogP contribution in [-0.2, 0) is 0 Å². The van der Waals surface area contributed by atoms with Gasteiger partial charge in [0.05, 0.1) is 29.4 Å². The number of carbonyl (C=O) groups is 1. The van der Waals surface area contributed by atoms with Gasteiger partial charge in [-0.1, -0.05) is 37.2 Å².